The molecule has 6 heteroatoms. The van der Waals surface area contributed by atoms with Crippen LogP contribution < -0.4 is 5.32 Å². The smallest absolute Gasteiger partial charge is 0.248 e. The molecule has 6 nitrogen and oxygen atoms in total. The van der Waals surface area contributed by atoms with Gasteiger partial charge in [-0.25, -0.2) is 0 Å². The van der Waals surface area contributed by atoms with Crippen molar-refractivity contribution < 1.29 is 4.79 Å². The number of rotatable bonds is 6. The van der Waals surface area contributed by atoms with E-state index < -0.39 is 0 Å². The van der Waals surface area contributed by atoms with Gasteiger partial charge in [0.1, 0.15) is 6.54 Å². The minimum atomic E-state index is -0.185. The highest BCUT2D eigenvalue weighted by atomic mass is 16.2. The Hall–Kier alpha value is -3.02. The average Bonchev–Trinajstić information content (AvgIpc) is 3.10. The third-order valence-electron chi connectivity index (χ3n) is 4.50. The number of carbonyl (C=O) groups is 1. The molecule has 1 unspecified atom stereocenters. The predicted molar refractivity (Wildman–Crippen MR) is 102 cm³/mol. The van der Waals surface area contributed by atoms with E-state index >= 15 is 0 Å². The van der Waals surface area contributed by atoms with Gasteiger partial charge in [-0.3, -0.25) is 4.79 Å². The Labute approximate surface area is 153 Å². The molecule has 3 aromatic rings. The Bertz CT molecular complexity index is 885. The highest BCUT2D eigenvalue weighted by Gasteiger charge is 2.11. The fraction of sp³-hybridized carbons (Fsp3) is 0.300. The van der Waals surface area contributed by atoms with Crippen molar-refractivity contribution >= 4 is 11.6 Å². The largest absolute Gasteiger partial charge is 0.324 e. The molecule has 134 valence electrons. The van der Waals surface area contributed by atoms with Crippen molar-refractivity contribution in [2.24, 2.45) is 0 Å². The molecule has 0 spiro atoms. The van der Waals surface area contributed by atoms with Crippen molar-refractivity contribution in [2.75, 3.05) is 5.32 Å². The number of nitrogens with zero attached hydrogens (tertiary/aromatic N) is 4. The molecule has 0 aliphatic heterocycles. The average molecular weight is 349 g/mol. The van der Waals surface area contributed by atoms with Gasteiger partial charge in [-0.1, -0.05) is 50.2 Å². The van der Waals surface area contributed by atoms with E-state index in [2.05, 4.69) is 34.6 Å². The van der Waals surface area contributed by atoms with Crippen LogP contribution in [0.2, 0.25) is 0 Å². The molecule has 0 aliphatic rings. The lowest BCUT2D eigenvalue weighted by atomic mass is 9.99. The van der Waals surface area contributed by atoms with Crippen LogP contribution in [0, 0.1) is 6.92 Å². The van der Waals surface area contributed by atoms with Gasteiger partial charge in [0.05, 0.1) is 0 Å². The molecule has 1 heterocycles. The zero-order chi connectivity index (χ0) is 18.5. The normalized spacial score (nSPS) is 12.0. The summed E-state index contributed by atoms with van der Waals surface area (Å²) in [5, 5.41) is 15.2. The highest BCUT2D eigenvalue weighted by Crippen LogP contribution is 2.20. The Morgan fingerprint density at radius 3 is 2.58 bits per heavy atom. The maximum atomic E-state index is 12.2. The van der Waals surface area contributed by atoms with Crippen LogP contribution in [-0.4, -0.2) is 26.1 Å². The summed E-state index contributed by atoms with van der Waals surface area (Å²) in [5.41, 5.74) is 4.02. The second-order valence-electron chi connectivity index (χ2n) is 6.44. The van der Waals surface area contributed by atoms with E-state index in [0.29, 0.717) is 11.7 Å². The van der Waals surface area contributed by atoms with Crippen LogP contribution in [-0.2, 0) is 11.3 Å². The summed E-state index contributed by atoms with van der Waals surface area (Å²) in [6, 6.07) is 15.8. The van der Waals surface area contributed by atoms with E-state index in [1.54, 1.807) is 0 Å². The van der Waals surface area contributed by atoms with Gasteiger partial charge in [-0.2, -0.15) is 4.80 Å². The first-order valence-corrected chi connectivity index (χ1v) is 8.80. The topological polar surface area (TPSA) is 72.7 Å². The van der Waals surface area contributed by atoms with Crippen molar-refractivity contribution in [3.8, 4) is 11.4 Å². The molecule has 3 rings (SSSR count). The number of anilines is 1. The molecule has 0 aliphatic carbocycles. The first kappa shape index (κ1) is 17.8. The molecule has 0 saturated carbocycles. The molecular weight excluding hydrogens is 326 g/mol. The van der Waals surface area contributed by atoms with Crippen LogP contribution in [0.4, 0.5) is 5.69 Å². The molecule has 0 fully saturated rings. The van der Waals surface area contributed by atoms with Gasteiger partial charge in [0.2, 0.25) is 11.7 Å². The summed E-state index contributed by atoms with van der Waals surface area (Å²) in [5.74, 6) is 0.850. The molecule has 1 amide bonds. The van der Waals surface area contributed by atoms with Gasteiger partial charge < -0.3 is 5.32 Å². The minimum Gasteiger partial charge on any atom is -0.324 e. The van der Waals surface area contributed by atoms with Crippen molar-refractivity contribution in [1.29, 1.82) is 0 Å². The van der Waals surface area contributed by atoms with Crippen molar-refractivity contribution in [1.82, 2.24) is 20.2 Å². The lowest BCUT2D eigenvalue weighted by Gasteiger charge is -2.10. The summed E-state index contributed by atoms with van der Waals surface area (Å²) in [4.78, 5) is 13.5. The third-order valence-corrected chi connectivity index (χ3v) is 4.50. The maximum Gasteiger partial charge on any atom is 0.248 e. The molecule has 2 aromatic carbocycles. The number of hydrogen-bond acceptors (Lipinski definition) is 4. The fourth-order valence-electron chi connectivity index (χ4n) is 2.70. The zero-order valence-corrected chi connectivity index (χ0v) is 15.3. The number of aromatic nitrogens is 4. The van der Waals surface area contributed by atoms with Crippen LogP contribution in [0.3, 0.4) is 0 Å². The Morgan fingerprint density at radius 1 is 1.15 bits per heavy atom. The second-order valence-corrected chi connectivity index (χ2v) is 6.44. The van der Waals surface area contributed by atoms with Crippen molar-refractivity contribution in [2.45, 2.75) is 39.7 Å². The van der Waals surface area contributed by atoms with E-state index in [1.165, 1.54) is 10.4 Å². The van der Waals surface area contributed by atoms with E-state index in [1.807, 2.05) is 55.5 Å². The molecular formula is C20H23N5O. The maximum absolute atomic E-state index is 12.2. The Kier molecular flexibility index (Phi) is 5.41. The summed E-state index contributed by atoms with van der Waals surface area (Å²) >= 11 is 0. The van der Waals surface area contributed by atoms with Gasteiger partial charge in [-0.15, -0.1) is 10.2 Å². The third kappa shape index (κ3) is 4.14. The van der Waals surface area contributed by atoms with E-state index in [4.69, 9.17) is 0 Å². The minimum absolute atomic E-state index is 0.0198. The zero-order valence-electron chi connectivity index (χ0n) is 15.3. The highest BCUT2D eigenvalue weighted by molar-refractivity contribution is 5.90. The summed E-state index contributed by atoms with van der Waals surface area (Å²) < 4.78 is 0. The van der Waals surface area contributed by atoms with Crippen LogP contribution in [0.5, 0.6) is 0 Å². The van der Waals surface area contributed by atoms with E-state index in [-0.39, 0.29) is 12.5 Å². The molecule has 1 atom stereocenters. The number of carbonyl (C=O) groups excluding carboxylic acids is 1. The number of benzene rings is 2. The lowest BCUT2D eigenvalue weighted by molar-refractivity contribution is -0.117. The Balaban J connectivity index is 1.63. The molecule has 26 heavy (non-hydrogen) atoms. The fourth-order valence-corrected chi connectivity index (χ4v) is 2.70. The number of aryl methyl sites for hydroxylation is 1. The second kappa shape index (κ2) is 7.91. The van der Waals surface area contributed by atoms with Crippen LogP contribution >= 0.6 is 0 Å². The standard InChI is InChI=1S/C20H23N5O/c1-4-14(2)16-9-11-17(12-10-16)21-19(26)13-25-23-20(22-24-25)18-8-6-5-7-15(18)3/h5-12,14H,4,13H2,1-3H3,(H,21,26). The molecule has 0 bridgehead atoms. The summed E-state index contributed by atoms with van der Waals surface area (Å²) in [6.45, 7) is 6.37. The first-order chi connectivity index (χ1) is 12.6. The molecule has 0 radical (unpaired) electrons. The lowest BCUT2D eigenvalue weighted by Crippen LogP contribution is -2.20. The number of hydrogen-bond donors (Lipinski definition) is 1. The van der Waals surface area contributed by atoms with Crippen LogP contribution in [0.25, 0.3) is 11.4 Å². The number of amides is 1. The van der Waals surface area contributed by atoms with Gasteiger partial charge in [0.15, 0.2) is 0 Å². The van der Waals surface area contributed by atoms with Crippen LogP contribution in [0.15, 0.2) is 48.5 Å². The predicted octanol–water partition coefficient (Wildman–Crippen LogP) is 3.80. The quantitative estimate of drug-likeness (QED) is 0.734. The molecule has 1 N–H and O–H groups in total. The van der Waals surface area contributed by atoms with Gasteiger partial charge in [0.25, 0.3) is 0 Å². The van der Waals surface area contributed by atoms with Gasteiger partial charge in [0, 0.05) is 11.3 Å². The van der Waals surface area contributed by atoms with Crippen LogP contribution in [0.1, 0.15) is 37.3 Å². The summed E-state index contributed by atoms with van der Waals surface area (Å²) in [7, 11) is 0. The first-order valence-electron chi connectivity index (χ1n) is 8.80. The Morgan fingerprint density at radius 2 is 1.88 bits per heavy atom. The van der Waals surface area contributed by atoms with Crippen molar-refractivity contribution in [3.05, 3.63) is 59.7 Å². The molecule has 1 aromatic heterocycles. The summed E-state index contributed by atoms with van der Waals surface area (Å²) in [6.07, 6.45) is 1.09. The monoisotopic (exact) mass is 349 g/mol. The van der Waals surface area contributed by atoms with Gasteiger partial charge >= 0.3 is 0 Å². The van der Waals surface area contributed by atoms with E-state index in [9.17, 15) is 4.79 Å². The number of nitrogens with one attached hydrogen (secondary N) is 1. The van der Waals surface area contributed by atoms with E-state index in [0.717, 1.165) is 23.2 Å². The van der Waals surface area contributed by atoms with Crippen molar-refractivity contribution in [3.63, 3.8) is 0 Å². The SMILES string of the molecule is CCC(C)c1ccc(NC(=O)Cn2nnc(-c3ccccc3C)n2)cc1. The molecule has 0 saturated heterocycles. The number of tetrazole rings is 1. The van der Waals surface area contributed by atoms with Gasteiger partial charge in [-0.05, 0) is 47.7 Å².